The van der Waals surface area contributed by atoms with Crippen LogP contribution in [0.15, 0.2) is 47.1 Å². The molecule has 1 aromatic carbocycles. The van der Waals surface area contributed by atoms with E-state index in [1.165, 1.54) is 11.1 Å². The quantitative estimate of drug-likeness (QED) is 0.798. The van der Waals surface area contributed by atoms with Gasteiger partial charge in [-0.3, -0.25) is 4.90 Å². The van der Waals surface area contributed by atoms with Crippen molar-refractivity contribution in [3.05, 3.63) is 59.5 Å². The molecule has 0 bridgehead atoms. The van der Waals surface area contributed by atoms with Crippen molar-refractivity contribution in [2.75, 3.05) is 13.1 Å². The highest BCUT2D eigenvalue weighted by Gasteiger charge is 2.02. The summed E-state index contributed by atoms with van der Waals surface area (Å²) < 4.78 is 5.31. The van der Waals surface area contributed by atoms with E-state index in [9.17, 15) is 0 Å². The maximum atomic E-state index is 5.31. The maximum absolute atomic E-state index is 5.31. The Morgan fingerprint density at radius 2 is 1.80 bits per heavy atom. The van der Waals surface area contributed by atoms with Crippen LogP contribution in [0, 0.1) is 0 Å². The normalized spacial score (nSPS) is 11.2. The molecule has 0 aliphatic carbocycles. The third-order valence-corrected chi connectivity index (χ3v) is 3.50. The van der Waals surface area contributed by atoms with Crippen LogP contribution in [0.5, 0.6) is 0 Å². The molecule has 0 aliphatic heterocycles. The summed E-state index contributed by atoms with van der Waals surface area (Å²) in [5, 5.41) is 3.41. The van der Waals surface area contributed by atoms with Crippen molar-refractivity contribution in [2.24, 2.45) is 0 Å². The Morgan fingerprint density at radius 1 is 1.00 bits per heavy atom. The van der Waals surface area contributed by atoms with Crippen LogP contribution < -0.4 is 5.32 Å². The summed E-state index contributed by atoms with van der Waals surface area (Å²) in [5.74, 6) is 0.976. The molecule has 0 fully saturated rings. The largest absolute Gasteiger partial charge is 0.468 e. The van der Waals surface area contributed by atoms with E-state index in [0.29, 0.717) is 0 Å². The first-order chi connectivity index (χ1) is 9.81. The van der Waals surface area contributed by atoms with Crippen molar-refractivity contribution in [3.63, 3.8) is 0 Å². The molecule has 2 aromatic rings. The van der Waals surface area contributed by atoms with Gasteiger partial charge in [0.05, 0.1) is 12.8 Å². The fraction of sp³-hybridized carbons (Fsp3) is 0.412. The van der Waals surface area contributed by atoms with E-state index in [0.717, 1.165) is 38.5 Å². The first-order valence-electron chi connectivity index (χ1n) is 7.35. The number of benzene rings is 1. The molecule has 3 nitrogen and oxygen atoms in total. The number of nitrogens with zero attached hydrogens (tertiary/aromatic N) is 1. The zero-order valence-electron chi connectivity index (χ0n) is 12.4. The van der Waals surface area contributed by atoms with Crippen LogP contribution in [0.25, 0.3) is 0 Å². The van der Waals surface area contributed by atoms with Gasteiger partial charge in [0.25, 0.3) is 0 Å². The monoisotopic (exact) mass is 272 g/mol. The molecule has 0 aliphatic rings. The molecule has 0 radical (unpaired) electrons. The lowest BCUT2D eigenvalue weighted by atomic mass is 10.1. The van der Waals surface area contributed by atoms with Crippen molar-refractivity contribution >= 4 is 0 Å². The Bertz CT molecular complexity index is 489. The number of rotatable bonds is 8. The highest BCUT2D eigenvalue weighted by Crippen LogP contribution is 2.09. The van der Waals surface area contributed by atoms with E-state index in [4.69, 9.17) is 4.42 Å². The topological polar surface area (TPSA) is 28.4 Å². The Labute approximate surface area is 121 Å². The molecule has 0 spiro atoms. The minimum Gasteiger partial charge on any atom is -0.468 e. The van der Waals surface area contributed by atoms with E-state index in [2.05, 4.69) is 48.3 Å². The van der Waals surface area contributed by atoms with Gasteiger partial charge in [0, 0.05) is 13.1 Å². The minimum atomic E-state index is 0.771. The van der Waals surface area contributed by atoms with Crippen molar-refractivity contribution in [2.45, 2.75) is 33.5 Å². The summed E-state index contributed by atoms with van der Waals surface area (Å²) in [5.41, 5.74) is 2.70. The smallest absolute Gasteiger partial charge is 0.117 e. The maximum Gasteiger partial charge on any atom is 0.117 e. The van der Waals surface area contributed by atoms with Gasteiger partial charge < -0.3 is 9.73 Å². The highest BCUT2D eigenvalue weighted by atomic mass is 16.3. The first kappa shape index (κ1) is 14.8. The summed E-state index contributed by atoms with van der Waals surface area (Å²) >= 11 is 0. The van der Waals surface area contributed by atoms with E-state index in [1.807, 2.05) is 12.1 Å². The van der Waals surface area contributed by atoms with Crippen LogP contribution in [0.1, 0.15) is 30.7 Å². The molecule has 20 heavy (non-hydrogen) atoms. The molecular formula is C17H24N2O. The molecule has 1 heterocycles. The van der Waals surface area contributed by atoms with Crippen LogP contribution in [-0.2, 0) is 19.6 Å². The van der Waals surface area contributed by atoms with E-state index in [1.54, 1.807) is 6.26 Å². The number of hydrogen-bond donors (Lipinski definition) is 1. The fourth-order valence-electron chi connectivity index (χ4n) is 2.29. The molecule has 2 rings (SSSR count). The molecule has 1 aromatic heterocycles. The molecule has 1 N–H and O–H groups in total. The Balaban J connectivity index is 1.85. The SMILES string of the molecule is CCN(CC)Cc1cccc(CNCc2ccco2)c1. The second-order valence-corrected chi connectivity index (χ2v) is 4.96. The molecule has 0 atom stereocenters. The van der Waals surface area contributed by atoms with E-state index >= 15 is 0 Å². The lowest BCUT2D eigenvalue weighted by molar-refractivity contribution is 0.296. The van der Waals surface area contributed by atoms with Gasteiger partial charge in [-0.15, -0.1) is 0 Å². The fourth-order valence-corrected chi connectivity index (χ4v) is 2.29. The van der Waals surface area contributed by atoms with Gasteiger partial charge in [0.1, 0.15) is 5.76 Å². The Morgan fingerprint density at radius 3 is 2.50 bits per heavy atom. The lowest BCUT2D eigenvalue weighted by Gasteiger charge is -2.18. The second kappa shape index (κ2) is 7.88. The van der Waals surface area contributed by atoms with E-state index in [-0.39, 0.29) is 0 Å². The molecule has 0 saturated carbocycles. The van der Waals surface area contributed by atoms with Crippen LogP contribution in [0.4, 0.5) is 0 Å². The Kier molecular flexibility index (Phi) is 5.84. The molecule has 0 amide bonds. The molecule has 0 saturated heterocycles. The predicted octanol–water partition coefficient (Wildman–Crippen LogP) is 3.41. The van der Waals surface area contributed by atoms with Crippen LogP contribution in [0.2, 0.25) is 0 Å². The summed E-state index contributed by atoms with van der Waals surface area (Å²) in [4.78, 5) is 2.43. The predicted molar refractivity (Wildman–Crippen MR) is 82.3 cm³/mol. The van der Waals surface area contributed by atoms with Gasteiger partial charge in [-0.1, -0.05) is 38.1 Å². The van der Waals surface area contributed by atoms with Crippen LogP contribution >= 0.6 is 0 Å². The average Bonchev–Trinajstić information content (AvgIpc) is 2.98. The molecule has 108 valence electrons. The standard InChI is InChI=1S/C17H24N2O/c1-3-19(4-2)14-16-8-5-7-15(11-16)12-18-13-17-9-6-10-20-17/h5-11,18H,3-4,12-14H2,1-2H3. The molecule has 0 unspecified atom stereocenters. The summed E-state index contributed by atoms with van der Waals surface area (Å²) in [6.45, 7) is 9.27. The minimum absolute atomic E-state index is 0.771. The van der Waals surface area contributed by atoms with Crippen molar-refractivity contribution in [3.8, 4) is 0 Å². The highest BCUT2D eigenvalue weighted by molar-refractivity contribution is 5.23. The number of hydrogen-bond acceptors (Lipinski definition) is 3. The average molecular weight is 272 g/mol. The van der Waals surface area contributed by atoms with Gasteiger partial charge in [-0.05, 0) is 36.3 Å². The second-order valence-electron chi connectivity index (χ2n) is 4.96. The zero-order valence-corrected chi connectivity index (χ0v) is 12.4. The lowest BCUT2D eigenvalue weighted by Crippen LogP contribution is -2.22. The number of nitrogens with one attached hydrogen (secondary N) is 1. The zero-order chi connectivity index (χ0) is 14.2. The van der Waals surface area contributed by atoms with Gasteiger partial charge in [-0.25, -0.2) is 0 Å². The number of furan rings is 1. The Hall–Kier alpha value is -1.58. The van der Waals surface area contributed by atoms with Crippen molar-refractivity contribution in [1.82, 2.24) is 10.2 Å². The van der Waals surface area contributed by atoms with Crippen molar-refractivity contribution in [1.29, 1.82) is 0 Å². The summed E-state index contributed by atoms with van der Waals surface area (Å²) in [7, 11) is 0. The van der Waals surface area contributed by atoms with Crippen LogP contribution in [-0.4, -0.2) is 18.0 Å². The van der Waals surface area contributed by atoms with Gasteiger partial charge >= 0.3 is 0 Å². The summed E-state index contributed by atoms with van der Waals surface area (Å²) in [6.07, 6.45) is 1.71. The van der Waals surface area contributed by atoms with Crippen LogP contribution in [0.3, 0.4) is 0 Å². The summed E-state index contributed by atoms with van der Waals surface area (Å²) in [6, 6.07) is 12.7. The van der Waals surface area contributed by atoms with Gasteiger partial charge in [0.15, 0.2) is 0 Å². The molecular weight excluding hydrogens is 248 g/mol. The van der Waals surface area contributed by atoms with Crippen molar-refractivity contribution < 1.29 is 4.42 Å². The van der Waals surface area contributed by atoms with E-state index < -0.39 is 0 Å². The first-order valence-corrected chi connectivity index (χ1v) is 7.35. The molecule has 3 heteroatoms. The van der Waals surface area contributed by atoms with Gasteiger partial charge in [0.2, 0.25) is 0 Å². The third kappa shape index (κ3) is 4.51. The van der Waals surface area contributed by atoms with Gasteiger partial charge in [-0.2, -0.15) is 0 Å². The third-order valence-electron chi connectivity index (χ3n) is 3.50.